The zero-order valence-electron chi connectivity index (χ0n) is 21.1. The summed E-state index contributed by atoms with van der Waals surface area (Å²) in [5.41, 5.74) is 10.6. The normalized spacial score (nSPS) is 11.7. The van der Waals surface area contributed by atoms with Crippen molar-refractivity contribution < 1.29 is 0 Å². The molecule has 0 aliphatic heterocycles. The first-order valence-corrected chi connectivity index (χ1v) is 12.6. The molecule has 3 nitrogen and oxygen atoms in total. The van der Waals surface area contributed by atoms with Gasteiger partial charge in [0.2, 0.25) is 0 Å². The lowest BCUT2D eigenvalue weighted by atomic mass is 10.1. The van der Waals surface area contributed by atoms with E-state index < -0.39 is 0 Å². The van der Waals surface area contributed by atoms with Crippen LogP contribution in [0.3, 0.4) is 0 Å². The van der Waals surface area contributed by atoms with Crippen molar-refractivity contribution in [1.82, 2.24) is 13.7 Å². The average Bonchev–Trinajstić information content (AvgIpc) is 3.56. The fraction of sp³-hybridized carbons (Fsp3) is 0.0588. The van der Waals surface area contributed by atoms with Crippen molar-refractivity contribution in [1.29, 1.82) is 0 Å². The van der Waals surface area contributed by atoms with Gasteiger partial charge in [-0.2, -0.15) is 0 Å². The molecule has 0 N–H and O–H groups in total. The lowest BCUT2D eigenvalue weighted by molar-refractivity contribution is 1.01. The molecule has 37 heavy (non-hydrogen) atoms. The van der Waals surface area contributed by atoms with Gasteiger partial charge in [0, 0.05) is 62.4 Å². The van der Waals surface area contributed by atoms with Crippen molar-refractivity contribution in [3.63, 3.8) is 0 Å². The summed E-state index contributed by atoms with van der Waals surface area (Å²) >= 11 is 0. The first kappa shape index (κ1) is 21.5. The molecule has 0 fully saturated rings. The number of benzene rings is 4. The number of para-hydroxylation sites is 2. The topological polar surface area (TPSA) is 14.8 Å². The molecular weight excluding hydrogens is 450 g/mol. The van der Waals surface area contributed by atoms with Gasteiger partial charge in [0.05, 0.1) is 11.0 Å². The van der Waals surface area contributed by atoms with Crippen LogP contribution in [0.1, 0.15) is 17.0 Å². The predicted molar refractivity (Wildman–Crippen MR) is 159 cm³/mol. The Balaban J connectivity index is 1.52. The van der Waals surface area contributed by atoms with Crippen LogP contribution in [0.2, 0.25) is 0 Å². The summed E-state index contributed by atoms with van der Waals surface area (Å²) in [4.78, 5) is 0. The molecule has 178 valence electrons. The number of nitrogens with zero attached hydrogens (tertiary/aromatic N) is 3. The number of hydrogen-bond donors (Lipinski definition) is 0. The van der Waals surface area contributed by atoms with Gasteiger partial charge in [0.1, 0.15) is 0 Å². The summed E-state index contributed by atoms with van der Waals surface area (Å²) in [5.74, 6) is 0. The van der Waals surface area contributed by atoms with Crippen molar-refractivity contribution >= 4 is 55.8 Å². The number of fused-ring (bicyclic) bond motifs is 5. The minimum absolute atomic E-state index is 1.09. The molecule has 0 amide bonds. The Labute approximate surface area is 215 Å². The molecule has 7 rings (SSSR count). The molecule has 3 aromatic heterocycles. The minimum Gasteiger partial charge on any atom is -0.344 e. The third-order valence-electron chi connectivity index (χ3n) is 7.81. The summed E-state index contributed by atoms with van der Waals surface area (Å²) in [6.45, 7) is 10.4. The van der Waals surface area contributed by atoms with Crippen molar-refractivity contribution in [2.45, 2.75) is 6.92 Å². The molecule has 0 unspecified atom stereocenters. The van der Waals surface area contributed by atoms with Crippen LogP contribution in [0, 0.1) is 6.92 Å². The number of rotatable bonds is 4. The molecule has 4 aromatic carbocycles. The molecular formula is C34H27N3. The maximum absolute atomic E-state index is 4.14. The van der Waals surface area contributed by atoms with E-state index in [4.69, 9.17) is 0 Å². The maximum atomic E-state index is 4.14. The Morgan fingerprint density at radius 3 is 1.89 bits per heavy atom. The van der Waals surface area contributed by atoms with Gasteiger partial charge < -0.3 is 13.7 Å². The van der Waals surface area contributed by atoms with Crippen LogP contribution in [0.4, 0.5) is 0 Å². The second-order valence-electron chi connectivity index (χ2n) is 9.70. The SMILES string of the molecule is C=Cc1cc2ccccc2n1-c1ccc2c(c1)c1cc(-n3c(C=C)c(C)c4ccccc43)ccc1n2C. The third kappa shape index (κ3) is 2.94. The molecule has 0 aliphatic carbocycles. The monoisotopic (exact) mass is 477 g/mol. The Morgan fingerprint density at radius 1 is 0.595 bits per heavy atom. The smallest absolute Gasteiger partial charge is 0.0537 e. The fourth-order valence-corrected chi connectivity index (χ4v) is 6.03. The quantitative estimate of drug-likeness (QED) is 0.241. The molecule has 7 aromatic rings. The average molecular weight is 478 g/mol. The van der Waals surface area contributed by atoms with E-state index >= 15 is 0 Å². The Morgan fingerprint density at radius 2 is 1.22 bits per heavy atom. The van der Waals surface area contributed by atoms with E-state index in [-0.39, 0.29) is 0 Å². The highest BCUT2D eigenvalue weighted by Gasteiger charge is 2.16. The third-order valence-corrected chi connectivity index (χ3v) is 7.81. The van der Waals surface area contributed by atoms with Gasteiger partial charge in [-0.1, -0.05) is 49.6 Å². The standard InChI is InChI=1S/C34H27N3/c1-5-24-19-23-11-7-9-13-31(23)36(24)25-15-17-32-28(20-25)29-21-26(16-18-33(29)35(32)4)37-30(6-2)22(3)27-12-8-10-14-34(27)37/h5-21H,1-2H2,3-4H3. The van der Waals surface area contributed by atoms with Crippen molar-refractivity contribution in [3.05, 3.63) is 121 Å². The molecule has 0 bridgehead atoms. The van der Waals surface area contributed by atoms with Crippen molar-refractivity contribution in [2.75, 3.05) is 0 Å². The van der Waals surface area contributed by atoms with E-state index in [9.17, 15) is 0 Å². The van der Waals surface area contributed by atoms with E-state index in [1.165, 1.54) is 49.2 Å². The summed E-state index contributed by atoms with van der Waals surface area (Å²) in [6.07, 6.45) is 3.90. The largest absolute Gasteiger partial charge is 0.344 e. The molecule has 0 saturated heterocycles. The van der Waals surface area contributed by atoms with Crippen LogP contribution in [-0.2, 0) is 7.05 Å². The first-order valence-electron chi connectivity index (χ1n) is 12.6. The number of hydrogen-bond acceptors (Lipinski definition) is 0. The van der Waals surface area contributed by atoms with Gasteiger partial charge in [0.15, 0.2) is 0 Å². The lowest BCUT2D eigenvalue weighted by Crippen LogP contribution is -1.97. The van der Waals surface area contributed by atoms with Crippen LogP contribution in [0.5, 0.6) is 0 Å². The highest BCUT2D eigenvalue weighted by Crippen LogP contribution is 2.36. The Hall–Kier alpha value is -4.76. The van der Waals surface area contributed by atoms with Crippen LogP contribution in [0.15, 0.2) is 104 Å². The van der Waals surface area contributed by atoms with E-state index in [1.54, 1.807) is 0 Å². The minimum atomic E-state index is 1.09. The van der Waals surface area contributed by atoms with Gasteiger partial charge in [-0.15, -0.1) is 0 Å². The van der Waals surface area contributed by atoms with E-state index in [0.29, 0.717) is 0 Å². The highest BCUT2D eigenvalue weighted by molar-refractivity contribution is 6.09. The zero-order valence-corrected chi connectivity index (χ0v) is 21.1. The molecule has 0 spiro atoms. The summed E-state index contributed by atoms with van der Waals surface area (Å²) in [7, 11) is 2.15. The highest BCUT2D eigenvalue weighted by atomic mass is 15.0. The number of aryl methyl sites for hydroxylation is 2. The predicted octanol–water partition coefficient (Wildman–Crippen LogP) is 8.81. The van der Waals surface area contributed by atoms with Gasteiger partial charge in [-0.3, -0.25) is 0 Å². The van der Waals surface area contributed by atoms with Crippen molar-refractivity contribution in [2.24, 2.45) is 7.05 Å². The van der Waals surface area contributed by atoms with Crippen LogP contribution in [0.25, 0.3) is 67.1 Å². The Bertz CT molecular complexity index is 2040. The molecule has 3 heteroatoms. The molecule has 3 heterocycles. The van der Waals surface area contributed by atoms with Crippen molar-refractivity contribution in [3.8, 4) is 11.4 Å². The van der Waals surface area contributed by atoms with E-state index in [0.717, 1.165) is 22.8 Å². The molecule has 0 atom stereocenters. The number of aromatic nitrogens is 3. The van der Waals surface area contributed by atoms with E-state index in [1.807, 2.05) is 12.2 Å². The second kappa shape index (κ2) is 7.87. The molecule has 0 aliphatic rings. The first-order chi connectivity index (χ1) is 18.1. The molecule has 0 saturated carbocycles. The summed E-state index contributed by atoms with van der Waals surface area (Å²) in [6, 6.07) is 32.8. The lowest BCUT2D eigenvalue weighted by Gasteiger charge is -2.10. The van der Waals surface area contributed by atoms with E-state index in [2.05, 4.69) is 132 Å². The zero-order chi connectivity index (χ0) is 25.3. The Kier molecular flexibility index (Phi) is 4.58. The summed E-state index contributed by atoms with van der Waals surface area (Å²) in [5, 5.41) is 4.94. The maximum Gasteiger partial charge on any atom is 0.0537 e. The van der Waals surface area contributed by atoms with Gasteiger partial charge in [0.25, 0.3) is 0 Å². The van der Waals surface area contributed by atoms with Crippen LogP contribution < -0.4 is 0 Å². The van der Waals surface area contributed by atoms with Crippen LogP contribution in [-0.4, -0.2) is 13.7 Å². The molecule has 0 radical (unpaired) electrons. The van der Waals surface area contributed by atoms with Gasteiger partial charge >= 0.3 is 0 Å². The summed E-state index contributed by atoms with van der Waals surface area (Å²) < 4.78 is 6.91. The van der Waals surface area contributed by atoms with Crippen LogP contribution >= 0.6 is 0 Å². The van der Waals surface area contributed by atoms with Gasteiger partial charge in [-0.05, 0) is 79.2 Å². The fourth-order valence-electron chi connectivity index (χ4n) is 6.03. The van der Waals surface area contributed by atoms with Gasteiger partial charge in [-0.25, -0.2) is 0 Å². The second-order valence-corrected chi connectivity index (χ2v) is 9.70.